The van der Waals surface area contributed by atoms with Gasteiger partial charge in [0.2, 0.25) is 5.91 Å². The molecule has 128 valence electrons. The number of methoxy groups -OCH3 is 3. The molecule has 0 radical (unpaired) electrons. The first-order valence-electron chi connectivity index (χ1n) is 6.61. The van der Waals surface area contributed by atoms with Gasteiger partial charge in [0.05, 0.1) is 21.3 Å². The Kier molecular flexibility index (Phi) is 8.54. The molecule has 1 unspecified atom stereocenters. The third-order valence-electron chi connectivity index (χ3n) is 3.15. The zero-order valence-corrected chi connectivity index (χ0v) is 13.3. The number of primary amides is 1. The second kappa shape index (κ2) is 9.29. The number of carbonyl (C=O) groups is 1. The number of amides is 1. The zero-order valence-electron chi connectivity index (χ0n) is 13.3. The Labute approximate surface area is 129 Å². The van der Waals surface area contributed by atoms with Crippen LogP contribution >= 0.6 is 0 Å². The van der Waals surface area contributed by atoms with Gasteiger partial charge in [-0.25, -0.2) is 0 Å². The normalized spacial score (nSPS) is 17.1. The number of ether oxygens (including phenoxy) is 3. The molecule has 0 bridgehead atoms. The second-order valence-corrected chi connectivity index (χ2v) is 4.74. The van der Waals surface area contributed by atoms with Crippen LogP contribution in [-0.4, -0.2) is 60.9 Å². The summed E-state index contributed by atoms with van der Waals surface area (Å²) in [6.45, 7) is 0.853. The van der Waals surface area contributed by atoms with Crippen molar-refractivity contribution in [2.24, 2.45) is 5.73 Å². The van der Waals surface area contributed by atoms with Crippen LogP contribution in [0.1, 0.15) is 19.8 Å². The third kappa shape index (κ3) is 5.55. The Balaban J connectivity index is 5.13. The fourth-order valence-electron chi connectivity index (χ4n) is 1.68. The van der Waals surface area contributed by atoms with E-state index in [2.05, 4.69) is 0 Å². The zero-order chi connectivity index (χ0) is 17.3. The molecule has 0 aliphatic carbocycles. The minimum Gasteiger partial charge on any atom is -0.498 e. The molecule has 0 aromatic carbocycles. The highest BCUT2D eigenvalue weighted by molar-refractivity contribution is 5.82. The van der Waals surface area contributed by atoms with E-state index in [1.807, 2.05) is 0 Å². The van der Waals surface area contributed by atoms with Gasteiger partial charge in [0.1, 0.15) is 18.0 Å². The predicted molar refractivity (Wildman–Crippen MR) is 78.3 cm³/mol. The first-order valence-corrected chi connectivity index (χ1v) is 6.61. The maximum atomic E-state index is 11.0. The lowest BCUT2D eigenvalue weighted by Gasteiger charge is -2.20. The molecule has 0 aromatic heterocycles. The van der Waals surface area contributed by atoms with Crippen molar-refractivity contribution < 1.29 is 34.3 Å². The summed E-state index contributed by atoms with van der Waals surface area (Å²) in [6, 6.07) is 0. The van der Waals surface area contributed by atoms with Gasteiger partial charge >= 0.3 is 0 Å². The van der Waals surface area contributed by atoms with Crippen molar-refractivity contribution >= 4 is 5.91 Å². The van der Waals surface area contributed by atoms with Crippen molar-refractivity contribution in [1.82, 2.24) is 0 Å². The number of aliphatic hydroxyl groups is 3. The van der Waals surface area contributed by atoms with Crippen molar-refractivity contribution in [3.63, 3.8) is 0 Å². The monoisotopic (exact) mass is 319 g/mol. The van der Waals surface area contributed by atoms with Gasteiger partial charge in [-0.05, 0) is 25.8 Å². The van der Waals surface area contributed by atoms with Crippen LogP contribution in [0.4, 0.5) is 0 Å². The van der Waals surface area contributed by atoms with E-state index in [4.69, 9.17) is 25.1 Å². The molecule has 0 saturated carbocycles. The molecule has 8 heteroatoms. The highest BCUT2D eigenvalue weighted by Crippen LogP contribution is 2.20. The van der Waals surface area contributed by atoms with Crippen LogP contribution in [0.3, 0.4) is 0 Å². The van der Waals surface area contributed by atoms with E-state index in [-0.39, 0.29) is 30.1 Å². The Bertz CT molecular complexity index is 423. The standard InChI is InChI=1S/C14H25NO7/c1-14(19,13(15)18)7-5-6-9(20-2)11(17)12(22-4)10(8-16)21-3/h6,11,16-17,19H,5,7-8H2,1-4H3,(H2,15,18)/t11?,14-/m1/s1. The molecule has 0 rings (SSSR count). The van der Waals surface area contributed by atoms with Gasteiger partial charge in [0.25, 0.3) is 0 Å². The van der Waals surface area contributed by atoms with E-state index in [0.717, 1.165) is 0 Å². The van der Waals surface area contributed by atoms with Crippen molar-refractivity contribution in [3.8, 4) is 0 Å². The van der Waals surface area contributed by atoms with E-state index in [0.29, 0.717) is 0 Å². The Morgan fingerprint density at radius 1 is 1.27 bits per heavy atom. The smallest absolute Gasteiger partial charge is 0.249 e. The van der Waals surface area contributed by atoms with Crippen LogP contribution in [0, 0.1) is 0 Å². The molecular formula is C14H25NO7. The lowest BCUT2D eigenvalue weighted by atomic mass is 9.99. The summed E-state index contributed by atoms with van der Waals surface area (Å²) in [5.74, 6) is -0.651. The minimum atomic E-state index is -1.65. The summed E-state index contributed by atoms with van der Waals surface area (Å²) < 4.78 is 15.0. The molecule has 22 heavy (non-hydrogen) atoms. The average molecular weight is 319 g/mol. The molecule has 0 saturated heterocycles. The molecule has 1 amide bonds. The van der Waals surface area contributed by atoms with Crippen molar-refractivity contribution in [2.45, 2.75) is 31.5 Å². The first-order chi connectivity index (χ1) is 10.2. The fraction of sp³-hybridized carbons (Fsp3) is 0.643. The van der Waals surface area contributed by atoms with Crippen LogP contribution in [0.5, 0.6) is 0 Å². The highest BCUT2D eigenvalue weighted by Gasteiger charge is 2.27. The van der Waals surface area contributed by atoms with Crippen molar-refractivity contribution in [3.05, 3.63) is 23.4 Å². The number of rotatable bonds is 10. The number of carbonyl (C=O) groups excluding carboxylic acids is 1. The number of nitrogens with two attached hydrogens (primary N) is 1. The fourth-order valence-corrected chi connectivity index (χ4v) is 1.68. The van der Waals surface area contributed by atoms with E-state index >= 15 is 0 Å². The van der Waals surface area contributed by atoms with Crippen LogP contribution in [0.25, 0.3) is 0 Å². The van der Waals surface area contributed by atoms with Gasteiger partial charge in [-0.3, -0.25) is 4.79 Å². The van der Waals surface area contributed by atoms with Crippen molar-refractivity contribution in [2.75, 3.05) is 27.9 Å². The van der Waals surface area contributed by atoms with Gasteiger partial charge in [-0.15, -0.1) is 0 Å². The second-order valence-electron chi connectivity index (χ2n) is 4.74. The van der Waals surface area contributed by atoms with E-state index in [1.165, 1.54) is 34.3 Å². The molecule has 0 aromatic rings. The SMILES string of the molecule is COC(=CCC[C@@](C)(O)C(N)=O)C(O)C(OC)=C(CO)OC. The third-order valence-corrected chi connectivity index (χ3v) is 3.15. The maximum Gasteiger partial charge on any atom is 0.249 e. The Morgan fingerprint density at radius 3 is 2.23 bits per heavy atom. The summed E-state index contributed by atoms with van der Waals surface area (Å²) in [5, 5.41) is 29.1. The molecule has 2 atom stereocenters. The molecule has 0 aliphatic rings. The van der Waals surface area contributed by atoms with Gasteiger partial charge in [0.15, 0.2) is 17.6 Å². The van der Waals surface area contributed by atoms with Gasteiger partial charge in [-0.1, -0.05) is 0 Å². The molecule has 0 aliphatic heterocycles. The quantitative estimate of drug-likeness (QED) is 0.395. The van der Waals surface area contributed by atoms with Crippen molar-refractivity contribution in [1.29, 1.82) is 0 Å². The number of allylic oxidation sites excluding steroid dienone is 1. The summed E-state index contributed by atoms with van der Waals surface area (Å²) in [6.07, 6.45) is 0.487. The van der Waals surface area contributed by atoms with Crippen LogP contribution < -0.4 is 5.73 Å². The molecule has 0 spiro atoms. The summed E-state index contributed by atoms with van der Waals surface area (Å²) >= 11 is 0. The van der Waals surface area contributed by atoms with E-state index in [1.54, 1.807) is 0 Å². The summed E-state index contributed by atoms with van der Waals surface area (Å²) in [4.78, 5) is 11.0. The minimum absolute atomic E-state index is 0.000221. The largest absolute Gasteiger partial charge is 0.498 e. The summed E-state index contributed by atoms with van der Waals surface area (Å²) in [7, 11) is 4.00. The highest BCUT2D eigenvalue weighted by atomic mass is 16.5. The molecule has 8 nitrogen and oxygen atoms in total. The first kappa shape index (κ1) is 20.2. The van der Waals surface area contributed by atoms with Gasteiger partial charge in [0, 0.05) is 0 Å². The predicted octanol–water partition coefficient (Wildman–Crippen LogP) is -0.609. The van der Waals surface area contributed by atoms with E-state index in [9.17, 15) is 15.0 Å². The van der Waals surface area contributed by atoms with Crippen LogP contribution in [0.2, 0.25) is 0 Å². The topological polar surface area (TPSA) is 131 Å². The Hall–Kier alpha value is -1.77. The Morgan fingerprint density at radius 2 is 1.86 bits per heavy atom. The lowest BCUT2D eigenvalue weighted by Crippen LogP contribution is -2.40. The molecule has 5 N–H and O–H groups in total. The maximum absolute atomic E-state index is 11.0. The van der Waals surface area contributed by atoms with Gasteiger partial charge < -0.3 is 35.3 Å². The van der Waals surface area contributed by atoms with E-state index < -0.39 is 24.2 Å². The molecule has 0 heterocycles. The van der Waals surface area contributed by atoms with Crippen LogP contribution in [0.15, 0.2) is 23.4 Å². The lowest BCUT2D eigenvalue weighted by molar-refractivity contribution is -0.135. The molecule has 0 fully saturated rings. The van der Waals surface area contributed by atoms with Crippen LogP contribution in [-0.2, 0) is 19.0 Å². The number of aliphatic hydroxyl groups excluding tert-OH is 2. The number of hydrogen-bond donors (Lipinski definition) is 4. The van der Waals surface area contributed by atoms with Gasteiger partial charge in [-0.2, -0.15) is 0 Å². The average Bonchev–Trinajstić information content (AvgIpc) is 2.48. The summed E-state index contributed by atoms with van der Waals surface area (Å²) in [5.41, 5.74) is 3.41. The molecular weight excluding hydrogens is 294 g/mol. The number of hydrogen-bond acceptors (Lipinski definition) is 7.